The number of aliphatic hydroxyl groups is 1. The Hall–Kier alpha value is -3.30. The quantitative estimate of drug-likeness (QED) is 0.0828. The summed E-state index contributed by atoms with van der Waals surface area (Å²) in [5.74, 6) is 3.40. The number of hydrogen-bond donors (Lipinski definition) is 1. The highest BCUT2D eigenvalue weighted by Gasteiger charge is 2.37. The van der Waals surface area contributed by atoms with Gasteiger partial charge in [-0.2, -0.15) is 13.2 Å². The summed E-state index contributed by atoms with van der Waals surface area (Å²) in [6, 6.07) is 31.4. The molecule has 1 N–H and O–H groups in total. The summed E-state index contributed by atoms with van der Waals surface area (Å²) in [6.07, 6.45) is 19.5. The van der Waals surface area contributed by atoms with Crippen LogP contribution in [0.15, 0.2) is 120 Å². The van der Waals surface area contributed by atoms with Crippen molar-refractivity contribution >= 4 is 34.8 Å². The first-order valence-electron chi connectivity index (χ1n) is 37.4. The molecule has 0 aliphatic carbocycles. The van der Waals surface area contributed by atoms with E-state index in [0.29, 0.717) is 18.2 Å². The maximum absolute atomic E-state index is 13.0. The number of allylic oxidation sites excluding steroid dienone is 2. The van der Waals surface area contributed by atoms with E-state index in [-0.39, 0.29) is 27.8 Å². The summed E-state index contributed by atoms with van der Waals surface area (Å²) >= 11 is 18.0. The second-order valence-corrected chi connectivity index (χ2v) is 34.0. The van der Waals surface area contributed by atoms with Crippen molar-refractivity contribution in [2.45, 2.75) is 238 Å². The largest absolute Gasteiger partial charge is 0.416 e. The third-order valence-corrected chi connectivity index (χ3v) is 23.6. The molecular weight excluding hydrogens is 1290 g/mol. The number of benzene rings is 4. The fourth-order valence-corrected chi connectivity index (χ4v) is 16.3. The lowest BCUT2D eigenvalue weighted by Crippen LogP contribution is -2.44. The first kappa shape index (κ1) is 82.0. The Bertz CT molecular complexity index is 2960. The number of rotatable bonds is 21. The zero-order valence-electron chi connectivity index (χ0n) is 62.5. The van der Waals surface area contributed by atoms with Crippen LogP contribution in [0, 0.1) is 23.7 Å². The summed E-state index contributed by atoms with van der Waals surface area (Å²) in [5, 5.41) is 11.9. The van der Waals surface area contributed by atoms with Crippen LogP contribution in [0.3, 0.4) is 0 Å². The fourth-order valence-electron chi connectivity index (χ4n) is 15.9. The van der Waals surface area contributed by atoms with E-state index in [0.717, 1.165) is 168 Å². The second kappa shape index (κ2) is 39.0. The Balaban J connectivity index is 0.000000188. The number of likely N-dealkylation sites (tertiary alicyclic amines) is 4. The minimum absolute atomic E-state index is 0.0828. The van der Waals surface area contributed by atoms with E-state index < -0.39 is 11.7 Å². The van der Waals surface area contributed by atoms with E-state index in [1.54, 1.807) is 12.1 Å². The van der Waals surface area contributed by atoms with Crippen LogP contribution in [0.4, 0.5) is 13.2 Å². The van der Waals surface area contributed by atoms with Gasteiger partial charge in [-0.3, -0.25) is 9.80 Å². The van der Waals surface area contributed by atoms with E-state index in [1.807, 2.05) is 43.5 Å². The molecule has 0 amide bonds. The van der Waals surface area contributed by atoms with Gasteiger partial charge in [-0.15, -0.1) is 0 Å². The van der Waals surface area contributed by atoms with Crippen LogP contribution in [-0.4, -0.2) is 148 Å². The van der Waals surface area contributed by atoms with Gasteiger partial charge in [0.05, 0.1) is 17.8 Å². The molecule has 6 fully saturated rings. The molecule has 0 radical (unpaired) electrons. The molecule has 6 saturated heterocycles. The van der Waals surface area contributed by atoms with Crippen molar-refractivity contribution in [1.29, 1.82) is 0 Å². The Kier molecular flexibility index (Phi) is 32.6. The van der Waals surface area contributed by atoms with Gasteiger partial charge in [-0.25, -0.2) is 0 Å². The lowest BCUT2D eigenvalue weighted by molar-refractivity contribution is -0.137. The molecule has 6 aliphatic rings. The molecule has 6 aliphatic heterocycles. The summed E-state index contributed by atoms with van der Waals surface area (Å²) < 4.78 is 55.4. The van der Waals surface area contributed by atoms with Crippen molar-refractivity contribution in [3.8, 4) is 0 Å². The monoisotopic (exact) mass is 1420 g/mol. The molecule has 0 saturated carbocycles. The van der Waals surface area contributed by atoms with Crippen molar-refractivity contribution in [2.24, 2.45) is 23.7 Å². The molecule has 0 aromatic heterocycles. The number of methoxy groups -OCH3 is 1. The third-order valence-electron chi connectivity index (χ3n) is 22.8. The number of alkyl halides is 3. The van der Waals surface area contributed by atoms with Crippen molar-refractivity contribution in [2.75, 3.05) is 99.0 Å². The molecular formula is C84H126Cl3F3N4O4. The van der Waals surface area contributed by atoms with Crippen LogP contribution in [0.1, 0.15) is 214 Å². The van der Waals surface area contributed by atoms with Crippen LogP contribution in [-0.2, 0) is 42.0 Å². The van der Waals surface area contributed by atoms with Crippen LogP contribution < -0.4 is 0 Å². The molecule has 2 atom stereocenters. The second-order valence-electron chi connectivity index (χ2n) is 32.7. The van der Waals surface area contributed by atoms with Gasteiger partial charge >= 0.3 is 6.18 Å². The van der Waals surface area contributed by atoms with Crippen molar-refractivity contribution < 1.29 is 32.5 Å². The zero-order chi connectivity index (χ0) is 71.3. The Morgan fingerprint density at radius 1 is 0.439 bits per heavy atom. The molecule has 548 valence electrons. The van der Waals surface area contributed by atoms with Crippen molar-refractivity contribution in [3.05, 3.63) is 163 Å². The minimum atomic E-state index is -4.29. The highest BCUT2D eigenvalue weighted by Crippen LogP contribution is 2.40. The van der Waals surface area contributed by atoms with E-state index in [1.165, 1.54) is 111 Å². The number of aliphatic hydroxyl groups excluding tert-OH is 1. The van der Waals surface area contributed by atoms with Gasteiger partial charge in [-0.1, -0.05) is 162 Å². The van der Waals surface area contributed by atoms with E-state index >= 15 is 0 Å². The first-order valence-corrected chi connectivity index (χ1v) is 38.6. The van der Waals surface area contributed by atoms with Crippen LogP contribution in [0.2, 0.25) is 15.1 Å². The SMILES string of the molecule is CC(C)(CCN1CCC(O)CC1)c1ccc(Cl)cc1.CC(C)=CC(CC(C)(C)c1ccc(C(F)(F)F)cc1)N1CCC(C2CCOCC2)CC1.CC(C)=CC(CC(C)(C)c1ccc(Cl)cc1)N1CCC(C2CCOCC2)CC1.COC1CCN(CCC(C)(C)c2ccc(Cl)cc2)CC1. The molecule has 4 aromatic rings. The van der Waals surface area contributed by atoms with E-state index in [4.69, 9.17) is 49.0 Å². The highest BCUT2D eigenvalue weighted by molar-refractivity contribution is 6.31. The summed E-state index contributed by atoms with van der Waals surface area (Å²) in [6.45, 7) is 42.0. The van der Waals surface area contributed by atoms with Gasteiger partial charge in [-0.05, 0) is 286 Å². The maximum atomic E-state index is 13.0. The molecule has 0 spiro atoms. The molecule has 4 aromatic carbocycles. The number of nitrogens with zero attached hydrogens (tertiary/aromatic N) is 4. The normalized spacial score (nSPS) is 20.2. The molecule has 2 unspecified atom stereocenters. The molecule has 10 rings (SSSR count). The molecule has 0 bridgehead atoms. The van der Waals surface area contributed by atoms with Gasteiger partial charge < -0.3 is 29.1 Å². The molecule has 6 heterocycles. The van der Waals surface area contributed by atoms with E-state index in [9.17, 15) is 18.3 Å². The smallest absolute Gasteiger partial charge is 0.393 e. The van der Waals surface area contributed by atoms with Gasteiger partial charge in [0, 0.05) is 86.9 Å². The third kappa shape index (κ3) is 26.8. The molecule has 98 heavy (non-hydrogen) atoms. The summed E-state index contributed by atoms with van der Waals surface area (Å²) in [4.78, 5) is 10.4. The van der Waals surface area contributed by atoms with Gasteiger partial charge in [0.1, 0.15) is 0 Å². The standard InChI is InChI=1S/C26H38F3NO.C25H38ClNO.C17H26ClNO.C16H24ClNO/c1-19(2)17-24(30-13-9-20(10-14-30)21-11-15-31-16-12-21)18-25(3,4)22-5-7-23(8-6-22)26(27,28)29;1-19(2)17-24(18-25(3,4)22-5-7-23(26)8-6-22)27-13-9-20(10-14-27)21-11-15-28-16-12-21;1-17(2,14-4-6-15(18)7-5-14)10-13-19-11-8-16(20-3)9-12-19;1-16(2,13-3-5-14(17)6-4-13)9-12-18-10-7-15(19)8-11-18/h5-8,17,20-21,24H,9-16,18H2,1-4H3;5-8,17,20-21,24H,9-16,18H2,1-4H3;4-7,16H,8-13H2,1-3H3;3-6,15,19H,7-12H2,1-2H3. The highest BCUT2D eigenvalue weighted by atomic mass is 35.5. The number of ether oxygens (including phenoxy) is 3. The van der Waals surface area contributed by atoms with Crippen molar-refractivity contribution in [1.82, 2.24) is 19.6 Å². The summed E-state index contributed by atoms with van der Waals surface area (Å²) in [5.41, 5.74) is 7.46. The van der Waals surface area contributed by atoms with Crippen LogP contribution >= 0.6 is 34.8 Å². The van der Waals surface area contributed by atoms with Gasteiger partial charge in [0.25, 0.3) is 0 Å². The fraction of sp³-hybridized carbons (Fsp3) is 0.667. The Labute approximate surface area is 607 Å². The van der Waals surface area contributed by atoms with Crippen LogP contribution in [0.25, 0.3) is 0 Å². The predicted molar refractivity (Wildman–Crippen MR) is 407 cm³/mol. The molecule has 8 nitrogen and oxygen atoms in total. The average molecular weight is 1420 g/mol. The van der Waals surface area contributed by atoms with Crippen LogP contribution in [0.5, 0.6) is 0 Å². The number of piperidine rings is 4. The predicted octanol–water partition coefficient (Wildman–Crippen LogP) is 20.9. The first-order chi connectivity index (χ1) is 46.4. The zero-order valence-corrected chi connectivity index (χ0v) is 64.7. The number of halogens is 6. The van der Waals surface area contributed by atoms with Gasteiger partial charge in [0.2, 0.25) is 0 Å². The Morgan fingerprint density at radius 3 is 1.03 bits per heavy atom. The Morgan fingerprint density at radius 2 is 0.724 bits per heavy atom. The van der Waals surface area contributed by atoms with Crippen molar-refractivity contribution in [3.63, 3.8) is 0 Å². The average Bonchev–Trinajstić information content (AvgIpc) is 0.825. The van der Waals surface area contributed by atoms with E-state index in [2.05, 4.69) is 151 Å². The number of hydrogen-bond acceptors (Lipinski definition) is 8. The lowest BCUT2D eigenvalue weighted by atomic mass is 9.76. The maximum Gasteiger partial charge on any atom is 0.416 e. The lowest BCUT2D eigenvalue weighted by Gasteiger charge is -2.42. The molecule has 14 heteroatoms. The topological polar surface area (TPSA) is 60.9 Å². The van der Waals surface area contributed by atoms with Gasteiger partial charge in [0.15, 0.2) is 0 Å². The summed E-state index contributed by atoms with van der Waals surface area (Å²) in [7, 11) is 1.82. The minimum Gasteiger partial charge on any atom is -0.393 e.